The van der Waals surface area contributed by atoms with Gasteiger partial charge in [0, 0.05) is 25.4 Å². The zero-order valence-electron chi connectivity index (χ0n) is 21.6. The van der Waals surface area contributed by atoms with E-state index in [0.717, 1.165) is 30.6 Å². The topological polar surface area (TPSA) is 74.2 Å². The Balaban J connectivity index is 1.57. The highest BCUT2D eigenvalue weighted by atomic mass is 16.6. The third-order valence-corrected chi connectivity index (χ3v) is 8.62. The van der Waals surface area contributed by atoms with E-state index in [1.165, 1.54) is 0 Å². The summed E-state index contributed by atoms with van der Waals surface area (Å²) in [5.41, 5.74) is 0.332. The van der Waals surface area contributed by atoms with Gasteiger partial charge in [-0.1, -0.05) is 46.8 Å². The van der Waals surface area contributed by atoms with Crippen molar-refractivity contribution < 1.29 is 28.8 Å². The molecule has 1 aliphatic carbocycles. The standard InChI is InChI=1S/C28H40O6/c1-16(11-12-21(32-7)19-9-8-10-20(13-19)31-6)25-18(3)22-15-28(34-25)23(26(30)33-22)24(29)17(2)14-27(28,4)5/h8-10,13,16-18,21-22,25,29H,11-12,14-15H2,1-7H3/t16-,17+,18-,21-,22-,25+,28-/m0/s1. The molecule has 1 spiro atoms. The fourth-order valence-corrected chi connectivity index (χ4v) is 6.57. The number of fused-ring (bicyclic) bond motifs is 1. The molecule has 0 aromatic heterocycles. The quantitative estimate of drug-likeness (QED) is 0.508. The molecular formula is C28H40O6. The highest BCUT2D eigenvalue weighted by Crippen LogP contribution is 2.59. The molecule has 0 saturated carbocycles. The Morgan fingerprint density at radius 1 is 1.18 bits per heavy atom. The minimum Gasteiger partial charge on any atom is -0.511 e. The number of carbonyl (C=O) groups excluding carboxylic acids is 1. The molecule has 1 aromatic carbocycles. The number of benzene rings is 1. The first-order valence-corrected chi connectivity index (χ1v) is 12.5. The Morgan fingerprint density at radius 2 is 1.91 bits per heavy atom. The third kappa shape index (κ3) is 4.03. The second kappa shape index (κ2) is 9.19. The molecule has 7 atom stereocenters. The summed E-state index contributed by atoms with van der Waals surface area (Å²) in [6.45, 7) is 10.6. The van der Waals surface area contributed by atoms with Gasteiger partial charge in [0.15, 0.2) is 0 Å². The highest BCUT2D eigenvalue weighted by molar-refractivity contribution is 5.93. The number of hydrogen-bond acceptors (Lipinski definition) is 6. The van der Waals surface area contributed by atoms with Crippen molar-refractivity contribution in [2.75, 3.05) is 14.2 Å². The van der Waals surface area contributed by atoms with Gasteiger partial charge >= 0.3 is 5.97 Å². The van der Waals surface area contributed by atoms with Crippen LogP contribution in [0.15, 0.2) is 35.6 Å². The van der Waals surface area contributed by atoms with Gasteiger partial charge in [-0.25, -0.2) is 4.79 Å². The van der Waals surface area contributed by atoms with Gasteiger partial charge < -0.3 is 24.1 Å². The van der Waals surface area contributed by atoms with Crippen molar-refractivity contribution in [2.45, 2.75) is 84.2 Å². The lowest BCUT2D eigenvalue weighted by Gasteiger charge is -2.60. The van der Waals surface area contributed by atoms with Crippen LogP contribution in [0.25, 0.3) is 0 Å². The van der Waals surface area contributed by atoms with Crippen LogP contribution in [0.4, 0.5) is 0 Å². The maximum atomic E-state index is 13.0. The zero-order valence-corrected chi connectivity index (χ0v) is 21.6. The molecule has 1 aromatic rings. The van der Waals surface area contributed by atoms with Gasteiger partial charge in [-0.3, -0.25) is 0 Å². The van der Waals surface area contributed by atoms with E-state index in [1.807, 2.05) is 25.1 Å². The smallest absolute Gasteiger partial charge is 0.340 e. The van der Waals surface area contributed by atoms with E-state index >= 15 is 0 Å². The summed E-state index contributed by atoms with van der Waals surface area (Å²) in [4.78, 5) is 13.0. The summed E-state index contributed by atoms with van der Waals surface area (Å²) in [5, 5.41) is 10.9. The summed E-state index contributed by atoms with van der Waals surface area (Å²) < 4.78 is 24.1. The average molecular weight is 473 g/mol. The Morgan fingerprint density at radius 3 is 2.59 bits per heavy atom. The normalized spacial score (nSPS) is 34.1. The number of carbonyl (C=O) groups is 1. The summed E-state index contributed by atoms with van der Waals surface area (Å²) >= 11 is 0. The molecule has 2 saturated heterocycles. The van der Waals surface area contributed by atoms with Crippen LogP contribution < -0.4 is 4.74 Å². The van der Waals surface area contributed by atoms with Gasteiger partial charge in [0.25, 0.3) is 0 Å². The maximum absolute atomic E-state index is 13.0. The van der Waals surface area contributed by atoms with Gasteiger partial charge in [0.1, 0.15) is 28.8 Å². The van der Waals surface area contributed by atoms with E-state index in [2.05, 4.69) is 33.8 Å². The van der Waals surface area contributed by atoms with Crippen molar-refractivity contribution in [2.24, 2.45) is 23.2 Å². The van der Waals surface area contributed by atoms with Crippen LogP contribution in [-0.4, -0.2) is 43.1 Å². The molecule has 4 rings (SSSR count). The van der Waals surface area contributed by atoms with Crippen molar-refractivity contribution in [3.05, 3.63) is 41.2 Å². The minimum atomic E-state index is -0.817. The molecule has 6 heteroatoms. The Kier molecular flexibility index (Phi) is 6.78. The first-order valence-electron chi connectivity index (χ1n) is 12.5. The molecule has 188 valence electrons. The largest absolute Gasteiger partial charge is 0.511 e. The minimum absolute atomic E-state index is 0.0431. The molecule has 0 radical (unpaired) electrons. The van der Waals surface area contributed by atoms with Crippen molar-refractivity contribution >= 4 is 5.97 Å². The second-order valence-electron chi connectivity index (χ2n) is 11.2. The molecule has 0 amide bonds. The molecule has 1 N–H and O–H groups in total. The first kappa shape index (κ1) is 25.1. The number of ether oxygens (including phenoxy) is 4. The fourth-order valence-electron chi connectivity index (χ4n) is 6.57. The summed E-state index contributed by atoms with van der Waals surface area (Å²) in [6.07, 6.45) is 2.75. The van der Waals surface area contributed by atoms with Crippen LogP contribution in [-0.2, 0) is 19.0 Å². The number of methoxy groups -OCH3 is 2. The van der Waals surface area contributed by atoms with Gasteiger partial charge in [-0.05, 0) is 48.3 Å². The Labute approximate surface area is 203 Å². The molecule has 34 heavy (non-hydrogen) atoms. The van der Waals surface area contributed by atoms with Gasteiger partial charge in [-0.15, -0.1) is 0 Å². The van der Waals surface area contributed by atoms with E-state index in [9.17, 15) is 9.90 Å². The number of esters is 1. The van der Waals surface area contributed by atoms with Crippen LogP contribution in [0, 0.1) is 23.2 Å². The van der Waals surface area contributed by atoms with E-state index in [-0.39, 0.29) is 47.2 Å². The highest BCUT2D eigenvalue weighted by Gasteiger charge is 2.65. The van der Waals surface area contributed by atoms with Crippen molar-refractivity contribution in [1.29, 1.82) is 0 Å². The van der Waals surface area contributed by atoms with E-state index < -0.39 is 11.6 Å². The number of rotatable bonds is 7. The molecule has 2 bridgehead atoms. The lowest BCUT2D eigenvalue weighted by molar-refractivity contribution is -0.258. The fraction of sp³-hybridized carbons (Fsp3) is 0.679. The number of hydrogen-bond donors (Lipinski definition) is 1. The van der Waals surface area contributed by atoms with Crippen LogP contribution in [0.1, 0.15) is 72.0 Å². The molecule has 2 aliphatic heterocycles. The summed E-state index contributed by atoms with van der Waals surface area (Å²) in [5.74, 6) is 0.738. The number of aliphatic hydroxyl groups is 1. The summed E-state index contributed by atoms with van der Waals surface area (Å²) in [7, 11) is 3.41. The lowest BCUT2D eigenvalue weighted by atomic mass is 9.56. The van der Waals surface area contributed by atoms with Crippen LogP contribution >= 0.6 is 0 Å². The summed E-state index contributed by atoms with van der Waals surface area (Å²) in [6, 6.07) is 8.00. The van der Waals surface area contributed by atoms with Crippen LogP contribution in [0.5, 0.6) is 5.75 Å². The van der Waals surface area contributed by atoms with Gasteiger partial charge in [0.05, 0.1) is 19.3 Å². The average Bonchev–Trinajstić information content (AvgIpc) is 2.80. The maximum Gasteiger partial charge on any atom is 0.340 e. The molecule has 6 nitrogen and oxygen atoms in total. The molecule has 2 fully saturated rings. The van der Waals surface area contributed by atoms with Crippen molar-refractivity contribution in [3.8, 4) is 5.75 Å². The molecule has 0 unspecified atom stereocenters. The van der Waals surface area contributed by atoms with Crippen LogP contribution in [0.3, 0.4) is 0 Å². The predicted octanol–water partition coefficient (Wildman–Crippen LogP) is 5.77. The Hall–Kier alpha value is -2.05. The number of allylic oxidation sites excluding steroid dienone is 1. The van der Waals surface area contributed by atoms with E-state index in [1.54, 1.807) is 14.2 Å². The van der Waals surface area contributed by atoms with Gasteiger partial charge in [0.2, 0.25) is 0 Å². The van der Waals surface area contributed by atoms with E-state index in [0.29, 0.717) is 12.0 Å². The Bertz CT molecular complexity index is 952. The predicted molar refractivity (Wildman–Crippen MR) is 130 cm³/mol. The lowest BCUT2D eigenvalue weighted by Crippen LogP contribution is -2.66. The molecular weight excluding hydrogens is 432 g/mol. The molecule has 3 aliphatic rings. The first-order chi connectivity index (χ1) is 16.0. The van der Waals surface area contributed by atoms with Gasteiger partial charge in [-0.2, -0.15) is 0 Å². The van der Waals surface area contributed by atoms with E-state index in [4.69, 9.17) is 18.9 Å². The third-order valence-electron chi connectivity index (χ3n) is 8.62. The van der Waals surface area contributed by atoms with Crippen LogP contribution in [0.2, 0.25) is 0 Å². The number of aliphatic hydroxyl groups excluding tert-OH is 1. The second-order valence-corrected chi connectivity index (χ2v) is 11.2. The SMILES string of the molecule is COc1cccc([C@H](CC[C@H](C)[C@H]2O[C@@]34C[C@H](OC(=O)C3=C(O)[C@H](C)CC4(C)C)[C@@H]2C)OC)c1. The monoisotopic (exact) mass is 472 g/mol. The molecule has 2 heterocycles. The van der Waals surface area contributed by atoms with Crippen molar-refractivity contribution in [3.63, 3.8) is 0 Å². The zero-order chi connectivity index (χ0) is 24.8. The van der Waals surface area contributed by atoms with Crippen molar-refractivity contribution in [1.82, 2.24) is 0 Å².